The fraction of sp³-hybridized carbons (Fsp3) is 0.296. The summed E-state index contributed by atoms with van der Waals surface area (Å²) in [4.78, 5) is 12.9. The maximum atomic E-state index is 13.3. The predicted molar refractivity (Wildman–Crippen MR) is 132 cm³/mol. The summed E-state index contributed by atoms with van der Waals surface area (Å²) >= 11 is 0. The number of hydrogen-bond donors (Lipinski definition) is 0. The van der Waals surface area contributed by atoms with E-state index in [1.807, 2.05) is 19.9 Å². The van der Waals surface area contributed by atoms with Crippen LogP contribution in [-0.4, -0.2) is 21.4 Å². The van der Waals surface area contributed by atoms with Gasteiger partial charge in [0.1, 0.15) is 11.5 Å². The molecule has 3 aromatic carbocycles. The van der Waals surface area contributed by atoms with Gasteiger partial charge < -0.3 is 4.74 Å². The zero-order valence-corrected chi connectivity index (χ0v) is 20.9. The second-order valence-corrected chi connectivity index (χ2v) is 11.2. The topological polar surface area (TPSA) is 63.7 Å². The number of rotatable bonds is 6. The van der Waals surface area contributed by atoms with Gasteiger partial charge in [-0.25, -0.2) is 13.2 Å². The zero-order valence-electron chi connectivity index (χ0n) is 20.0. The van der Waals surface area contributed by atoms with Crippen LogP contribution in [0.1, 0.15) is 53.4 Å². The molecule has 0 aliphatic rings. The summed E-state index contributed by atoms with van der Waals surface area (Å²) in [6.45, 7) is 10.5. The van der Waals surface area contributed by atoms with E-state index >= 15 is 0 Å². The molecule has 0 heterocycles. The second-order valence-electron chi connectivity index (χ2n) is 9.22. The number of para-hydroxylation sites is 1. The molecule has 174 valence electrons. The highest BCUT2D eigenvalue weighted by Crippen LogP contribution is 2.28. The lowest BCUT2D eigenvalue weighted by molar-refractivity contribution is 0.0467. The molecule has 33 heavy (non-hydrogen) atoms. The van der Waals surface area contributed by atoms with E-state index in [1.165, 1.54) is 29.0 Å². The summed E-state index contributed by atoms with van der Waals surface area (Å²) in [5.74, 6) is -0.672. The maximum Gasteiger partial charge on any atom is 0.339 e. The van der Waals surface area contributed by atoms with Crippen LogP contribution in [0.2, 0.25) is 0 Å². The predicted octanol–water partition coefficient (Wildman–Crippen LogP) is 5.78. The number of ether oxygens (including phenoxy) is 1. The van der Waals surface area contributed by atoms with Gasteiger partial charge in [0.25, 0.3) is 10.0 Å². The Labute approximate surface area is 197 Å². The van der Waals surface area contributed by atoms with Crippen LogP contribution in [0.15, 0.2) is 71.6 Å². The summed E-state index contributed by atoms with van der Waals surface area (Å²) in [7, 11) is -2.49. The molecule has 0 atom stereocenters. The largest absolute Gasteiger partial charge is 0.457 e. The highest BCUT2D eigenvalue weighted by molar-refractivity contribution is 7.92. The van der Waals surface area contributed by atoms with Gasteiger partial charge in [-0.15, -0.1) is 0 Å². The van der Waals surface area contributed by atoms with Crippen LogP contribution in [0, 0.1) is 13.8 Å². The van der Waals surface area contributed by atoms with Crippen LogP contribution >= 0.6 is 0 Å². The van der Waals surface area contributed by atoms with E-state index in [0.29, 0.717) is 5.69 Å². The molecule has 0 bridgehead atoms. The van der Waals surface area contributed by atoms with E-state index in [1.54, 1.807) is 36.4 Å². The molecule has 0 spiro atoms. The van der Waals surface area contributed by atoms with Crippen molar-refractivity contribution in [3.8, 4) is 0 Å². The van der Waals surface area contributed by atoms with E-state index < -0.39 is 16.0 Å². The van der Waals surface area contributed by atoms with Gasteiger partial charge in [0, 0.05) is 7.05 Å². The summed E-state index contributed by atoms with van der Waals surface area (Å²) in [6, 6.07) is 19.1. The molecule has 0 saturated heterocycles. The van der Waals surface area contributed by atoms with Crippen molar-refractivity contribution in [2.24, 2.45) is 0 Å². The number of anilines is 1. The van der Waals surface area contributed by atoms with E-state index in [4.69, 9.17) is 4.74 Å². The third-order valence-electron chi connectivity index (χ3n) is 5.77. The molecule has 3 rings (SSSR count). The number of hydrogen-bond acceptors (Lipinski definition) is 4. The lowest BCUT2D eigenvalue weighted by Crippen LogP contribution is -2.28. The second kappa shape index (κ2) is 9.40. The van der Waals surface area contributed by atoms with Crippen molar-refractivity contribution in [3.05, 3.63) is 94.5 Å². The Morgan fingerprint density at radius 3 is 2.03 bits per heavy atom. The van der Waals surface area contributed by atoms with E-state index in [2.05, 4.69) is 32.9 Å². The molecule has 0 saturated carbocycles. The van der Waals surface area contributed by atoms with Gasteiger partial charge in [0.05, 0.1) is 11.3 Å². The lowest BCUT2D eigenvalue weighted by atomic mass is 9.84. The van der Waals surface area contributed by atoms with Crippen molar-refractivity contribution < 1.29 is 17.9 Å². The molecule has 6 heteroatoms. The quantitative estimate of drug-likeness (QED) is 0.433. The number of carbonyl (C=O) groups is 1. The average molecular weight is 466 g/mol. The Morgan fingerprint density at radius 2 is 1.45 bits per heavy atom. The number of esters is 1. The van der Waals surface area contributed by atoms with E-state index in [-0.39, 0.29) is 22.5 Å². The summed E-state index contributed by atoms with van der Waals surface area (Å²) in [5.41, 5.74) is 4.76. The summed E-state index contributed by atoms with van der Waals surface area (Å²) in [6.07, 6.45) is 0. The van der Waals surface area contributed by atoms with Gasteiger partial charge in [-0.2, -0.15) is 0 Å². The molecule has 0 aliphatic heterocycles. The smallest absolute Gasteiger partial charge is 0.339 e. The third-order valence-corrected chi connectivity index (χ3v) is 7.62. The molecular weight excluding hydrogens is 434 g/mol. The molecule has 0 N–H and O–H groups in total. The molecule has 3 aromatic rings. The molecule has 5 nitrogen and oxygen atoms in total. The average Bonchev–Trinajstić information content (AvgIpc) is 2.77. The molecular formula is C27H31NO4S. The van der Waals surface area contributed by atoms with Gasteiger partial charge in [0.2, 0.25) is 0 Å². The number of sulfonamides is 1. The highest BCUT2D eigenvalue weighted by atomic mass is 32.2. The minimum absolute atomic E-state index is 0.0156. The van der Waals surface area contributed by atoms with Gasteiger partial charge >= 0.3 is 5.97 Å². The lowest BCUT2D eigenvalue weighted by Gasteiger charge is -2.22. The van der Waals surface area contributed by atoms with Crippen LogP contribution in [0.5, 0.6) is 0 Å². The SMILES string of the molecule is Cc1cc(C(C)(C)C)cc(C)c1COC(=O)c1ccccc1S(=O)(=O)N(C)c1ccccc1. The number of nitrogens with zero attached hydrogens (tertiary/aromatic N) is 1. The Morgan fingerprint density at radius 1 is 0.909 bits per heavy atom. The number of carbonyl (C=O) groups excluding carboxylic acids is 1. The van der Waals surface area contributed by atoms with Crippen molar-refractivity contribution in [2.75, 3.05) is 11.4 Å². The maximum absolute atomic E-state index is 13.3. The highest BCUT2D eigenvalue weighted by Gasteiger charge is 2.27. The van der Waals surface area contributed by atoms with Crippen LogP contribution in [0.3, 0.4) is 0 Å². The molecule has 0 aliphatic carbocycles. The molecule has 0 unspecified atom stereocenters. The minimum atomic E-state index is -3.96. The number of aryl methyl sites for hydroxylation is 2. The third kappa shape index (κ3) is 5.28. The van der Waals surface area contributed by atoms with Crippen molar-refractivity contribution in [1.82, 2.24) is 0 Å². The molecule has 0 fully saturated rings. The fourth-order valence-corrected chi connectivity index (χ4v) is 5.03. The van der Waals surface area contributed by atoms with Gasteiger partial charge in [-0.3, -0.25) is 4.31 Å². The first-order valence-corrected chi connectivity index (χ1v) is 12.3. The summed E-state index contributed by atoms with van der Waals surface area (Å²) in [5, 5.41) is 0. The normalized spacial score (nSPS) is 11.8. The van der Waals surface area contributed by atoms with Gasteiger partial charge in [0.15, 0.2) is 0 Å². The molecule has 0 amide bonds. The first kappa shape index (κ1) is 24.5. The fourth-order valence-electron chi connectivity index (χ4n) is 3.65. The van der Waals surface area contributed by atoms with Crippen LogP contribution in [0.4, 0.5) is 5.69 Å². The Hall–Kier alpha value is -3.12. The molecule has 0 aromatic heterocycles. The zero-order chi connectivity index (χ0) is 24.4. The van der Waals surface area contributed by atoms with E-state index in [0.717, 1.165) is 16.7 Å². The summed E-state index contributed by atoms with van der Waals surface area (Å²) < 4.78 is 33.3. The van der Waals surface area contributed by atoms with Crippen molar-refractivity contribution in [3.63, 3.8) is 0 Å². The Balaban J connectivity index is 1.87. The number of benzene rings is 3. The van der Waals surface area contributed by atoms with Crippen LogP contribution < -0.4 is 4.31 Å². The van der Waals surface area contributed by atoms with Crippen molar-refractivity contribution in [2.45, 2.75) is 51.5 Å². The Bertz CT molecular complexity index is 1240. The first-order valence-electron chi connectivity index (χ1n) is 10.8. The molecule has 0 radical (unpaired) electrons. The van der Waals surface area contributed by atoms with Gasteiger partial charge in [-0.05, 0) is 65.8 Å². The first-order chi connectivity index (χ1) is 15.4. The standard InChI is InChI=1S/C27H31NO4S/c1-19-16-21(27(3,4)5)17-20(2)24(19)18-32-26(29)23-14-10-11-15-25(23)33(30,31)28(6)22-12-8-7-9-13-22/h7-17H,18H2,1-6H3. The van der Waals surface area contributed by atoms with Crippen molar-refractivity contribution >= 4 is 21.7 Å². The minimum Gasteiger partial charge on any atom is -0.457 e. The van der Waals surface area contributed by atoms with Crippen molar-refractivity contribution in [1.29, 1.82) is 0 Å². The Kier molecular flexibility index (Phi) is 6.98. The monoisotopic (exact) mass is 465 g/mol. The van der Waals surface area contributed by atoms with E-state index in [9.17, 15) is 13.2 Å². The van der Waals surface area contributed by atoms with Crippen LogP contribution in [-0.2, 0) is 26.8 Å². The van der Waals surface area contributed by atoms with Gasteiger partial charge in [-0.1, -0.05) is 63.2 Å². The van der Waals surface area contributed by atoms with Crippen LogP contribution in [0.25, 0.3) is 0 Å².